The van der Waals surface area contributed by atoms with Crippen LogP contribution in [0, 0.1) is 0 Å². The molecule has 0 saturated carbocycles. The van der Waals surface area contributed by atoms with Crippen LogP contribution >= 0.6 is 0 Å². The van der Waals surface area contributed by atoms with E-state index in [1.807, 2.05) is 39.0 Å². The molecule has 2 unspecified atom stereocenters. The van der Waals surface area contributed by atoms with Crippen LogP contribution in [0.15, 0.2) is 18.2 Å². The summed E-state index contributed by atoms with van der Waals surface area (Å²) in [6.45, 7) is 5.65. The summed E-state index contributed by atoms with van der Waals surface area (Å²) in [5, 5.41) is 0. The Kier molecular flexibility index (Phi) is 7.86. The lowest BCUT2D eigenvalue weighted by atomic mass is 10.0. The van der Waals surface area contributed by atoms with Gasteiger partial charge in [0.25, 0.3) is 0 Å². The van der Waals surface area contributed by atoms with E-state index in [2.05, 4.69) is 4.72 Å². The smallest absolute Gasteiger partial charge is 0.305 e. The maximum atomic E-state index is 12.6. The maximum absolute atomic E-state index is 12.6. The predicted molar refractivity (Wildman–Crippen MR) is 94.6 cm³/mol. The molecule has 0 bridgehead atoms. The quantitative estimate of drug-likeness (QED) is 0.569. The first-order valence-corrected chi connectivity index (χ1v) is 8.85. The van der Waals surface area contributed by atoms with Crippen molar-refractivity contribution in [1.29, 1.82) is 0 Å². The molecular weight excluding hydrogens is 330 g/mol. The molecule has 0 aliphatic carbocycles. The van der Waals surface area contributed by atoms with Crippen LogP contribution in [-0.2, 0) is 20.9 Å². The van der Waals surface area contributed by atoms with Crippen molar-refractivity contribution in [2.75, 3.05) is 21.3 Å². The molecule has 1 N–H and O–H groups in total. The van der Waals surface area contributed by atoms with E-state index in [-0.39, 0.29) is 18.4 Å². The lowest BCUT2D eigenvalue weighted by Crippen LogP contribution is -2.41. The fourth-order valence-corrected chi connectivity index (χ4v) is 3.00. The first-order valence-electron chi connectivity index (χ1n) is 7.70. The third-order valence-electron chi connectivity index (χ3n) is 3.48. The molecule has 136 valence electrons. The van der Waals surface area contributed by atoms with Crippen molar-refractivity contribution in [3.8, 4) is 11.5 Å². The van der Waals surface area contributed by atoms with Gasteiger partial charge in [-0.3, -0.25) is 4.79 Å². The molecule has 24 heavy (non-hydrogen) atoms. The zero-order valence-corrected chi connectivity index (χ0v) is 16.0. The van der Waals surface area contributed by atoms with E-state index in [0.717, 1.165) is 5.56 Å². The lowest BCUT2D eigenvalue weighted by molar-refractivity contribution is -0.140. The van der Waals surface area contributed by atoms with E-state index in [1.54, 1.807) is 14.2 Å². The van der Waals surface area contributed by atoms with Gasteiger partial charge >= 0.3 is 5.97 Å². The number of nitrogens with one attached hydrogen (secondary N) is 1. The predicted octanol–water partition coefficient (Wildman–Crippen LogP) is 2.75. The molecule has 0 fully saturated rings. The molecule has 0 aromatic heterocycles. The van der Waals surface area contributed by atoms with Crippen molar-refractivity contribution in [1.82, 2.24) is 4.72 Å². The Morgan fingerprint density at radius 3 is 2.17 bits per heavy atom. The minimum absolute atomic E-state index is 0.191. The number of rotatable bonds is 8. The third kappa shape index (κ3) is 5.58. The van der Waals surface area contributed by atoms with Crippen molar-refractivity contribution in [3.05, 3.63) is 23.8 Å². The molecule has 0 aliphatic heterocycles. The number of carbonyl (C=O) groups excluding carboxylic acids is 1. The number of carbonyl (C=O) groups is 1. The number of esters is 1. The highest BCUT2D eigenvalue weighted by Crippen LogP contribution is 2.37. The summed E-state index contributed by atoms with van der Waals surface area (Å²) in [5.74, 6) is 0.905. The van der Waals surface area contributed by atoms with Crippen LogP contribution in [0.25, 0.3) is 0 Å². The molecule has 1 aromatic carbocycles. The molecule has 0 amide bonds. The van der Waals surface area contributed by atoms with Crippen molar-refractivity contribution in [3.63, 3.8) is 0 Å². The van der Waals surface area contributed by atoms with Gasteiger partial charge in [0, 0.05) is 17.8 Å². The van der Waals surface area contributed by atoms with Crippen LogP contribution < -0.4 is 14.2 Å². The van der Waals surface area contributed by atoms with Crippen molar-refractivity contribution >= 4 is 17.3 Å². The second kappa shape index (κ2) is 9.15. The molecule has 0 saturated heterocycles. The largest absolute Gasteiger partial charge is 0.598 e. The van der Waals surface area contributed by atoms with Crippen LogP contribution in [0.4, 0.5) is 0 Å². The average molecular weight is 357 g/mol. The number of benzene rings is 1. The molecule has 0 aliphatic rings. The van der Waals surface area contributed by atoms with Crippen LogP contribution in [-0.4, -0.2) is 36.6 Å². The zero-order chi connectivity index (χ0) is 18.3. The molecule has 0 spiro atoms. The van der Waals surface area contributed by atoms with E-state index < -0.39 is 16.1 Å². The second-order valence-corrected chi connectivity index (χ2v) is 8.24. The van der Waals surface area contributed by atoms with Crippen molar-refractivity contribution in [2.45, 2.75) is 44.4 Å². The monoisotopic (exact) mass is 357 g/mol. The summed E-state index contributed by atoms with van der Waals surface area (Å²) < 4.78 is 30.8. The maximum Gasteiger partial charge on any atom is 0.305 e. The average Bonchev–Trinajstić information content (AvgIpc) is 2.56. The van der Waals surface area contributed by atoms with E-state index >= 15 is 0 Å². The normalized spacial score (nSPS) is 14.0. The second-order valence-electron chi connectivity index (χ2n) is 6.24. The van der Waals surface area contributed by atoms with Crippen LogP contribution in [0.5, 0.6) is 11.5 Å². The molecule has 6 nitrogen and oxygen atoms in total. The minimum Gasteiger partial charge on any atom is -0.598 e. The lowest BCUT2D eigenvalue weighted by Gasteiger charge is -2.29. The fourth-order valence-electron chi connectivity index (χ4n) is 2.16. The summed E-state index contributed by atoms with van der Waals surface area (Å²) in [5.41, 5.74) is 0.740. The summed E-state index contributed by atoms with van der Waals surface area (Å²) in [7, 11) is 4.48. The highest BCUT2D eigenvalue weighted by atomic mass is 32.2. The van der Waals surface area contributed by atoms with E-state index in [1.165, 1.54) is 7.11 Å². The van der Waals surface area contributed by atoms with Crippen LogP contribution in [0.3, 0.4) is 0 Å². The Morgan fingerprint density at radius 2 is 1.75 bits per heavy atom. The van der Waals surface area contributed by atoms with Crippen molar-refractivity contribution in [2.24, 2.45) is 0 Å². The van der Waals surface area contributed by atoms with E-state index in [9.17, 15) is 9.35 Å². The van der Waals surface area contributed by atoms with Gasteiger partial charge in [-0.15, -0.1) is 4.72 Å². The highest BCUT2D eigenvalue weighted by Gasteiger charge is 2.32. The van der Waals surface area contributed by atoms with Crippen LogP contribution in [0.1, 0.15) is 45.2 Å². The van der Waals surface area contributed by atoms with Gasteiger partial charge < -0.3 is 18.8 Å². The Labute approximate surface area is 147 Å². The standard InChI is InChI=1S/C17H27NO5S/c1-17(2,3)24(20)18-12(10-11-15(19)23-6)16-13(21-4)8-7-9-14(16)22-5/h7-9,12,18H,10-11H2,1-6H3. The summed E-state index contributed by atoms with van der Waals surface area (Å²) in [6, 6.07) is 5.06. The van der Waals surface area contributed by atoms with Gasteiger partial charge in [-0.1, -0.05) is 6.07 Å². The van der Waals surface area contributed by atoms with Gasteiger partial charge in [0.05, 0.1) is 32.9 Å². The van der Waals surface area contributed by atoms with Gasteiger partial charge in [0.2, 0.25) is 0 Å². The summed E-state index contributed by atoms with van der Waals surface area (Å²) >= 11 is -1.32. The number of ether oxygens (including phenoxy) is 3. The third-order valence-corrected chi connectivity index (χ3v) is 5.10. The van der Waals surface area contributed by atoms with Crippen molar-refractivity contribution < 1.29 is 23.6 Å². The molecule has 0 radical (unpaired) electrons. The highest BCUT2D eigenvalue weighted by molar-refractivity contribution is 7.90. The van der Waals surface area contributed by atoms with Gasteiger partial charge in [0.15, 0.2) is 0 Å². The first-order chi connectivity index (χ1) is 11.2. The Balaban J connectivity index is 3.19. The number of methoxy groups -OCH3 is 3. The first kappa shape index (κ1) is 20.6. The van der Waals surface area contributed by atoms with Gasteiger partial charge in [0.1, 0.15) is 16.2 Å². The molecule has 7 heteroatoms. The zero-order valence-electron chi connectivity index (χ0n) is 15.2. The van der Waals surface area contributed by atoms with Gasteiger partial charge in [-0.25, -0.2) is 0 Å². The summed E-state index contributed by atoms with van der Waals surface area (Å²) in [4.78, 5) is 11.6. The summed E-state index contributed by atoms with van der Waals surface area (Å²) in [6.07, 6.45) is 0.599. The Bertz CT molecular complexity index is 522. The molecule has 1 aromatic rings. The van der Waals surface area contributed by atoms with E-state index in [4.69, 9.17) is 14.2 Å². The molecule has 1 rings (SSSR count). The molecule has 2 atom stereocenters. The fraction of sp³-hybridized carbons (Fsp3) is 0.588. The van der Waals surface area contributed by atoms with E-state index in [0.29, 0.717) is 17.9 Å². The SMILES string of the molecule is COC(=O)CCC(N[S+]([O-])C(C)(C)C)c1c(OC)cccc1OC. The molecule has 0 heterocycles. The molecular formula is C17H27NO5S. The van der Waals surface area contributed by atoms with Gasteiger partial charge in [-0.05, 0) is 39.3 Å². The topological polar surface area (TPSA) is 79.9 Å². The minimum atomic E-state index is -1.32. The Morgan fingerprint density at radius 1 is 1.21 bits per heavy atom. The number of hydrogen-bond donors (Lipinski definition) is 1. The van der Waals surface area contributed by atoms with Gasteiger partial charge in [-0.2, -0.15) is 0 Å². The number of hydrogen-bond acceptors (Lipinski definition) is 6. The Hall–Kier alpha value is -1.44. The van der Waals surface area contributed by atoms with Crippen LogP contribution in [0.2, 0.25) is 0 Å².